The van der Waals surface area contributed by atoms with Crippen LogP contribution in [-0.4, -0.2) is 6.61 Å². The number of benzene rings is 3. The van der Waals surface area contributed by atoms with Crippen LogP contribution >= 0.6 is 15.9 Å². The third-order valence-corrected chi connectivity index (χ3v) is 5.03. The molecule has 0 unspecified atom stereocenters. The Labute approximate surface area is 173 Å². The molecule has 0 saturated heterocycles. The van der Waals surface area contributed by atoms with Gasteiger partial charge < -0.3 is 14.8 Å². The summed E-state index contributed by atoms with van der Waals surface area (Å²) in [5.74, 6) is 0.942. The fourth-order valence-corrected chi connectivity index (χ4v) is 3.20. The molecule has 0 heterocycles. The first-order chi connectivity index (χ1) is 13.6. The lowest BCUT2D eigenvalue weighted by Gasteiger charge is -2.16. The molecule has 0 atom stereocenters. The van der Waals surface area contributed by atoms with Gasteiger partial charge in [-0.05, 0) is 49.7 Å². The van der Waals surface area contributed by atoms with Gasteiger partial charge in [-0.15, -0.1) is 0 Å². The number of nitrogens with one attached hydrogen (secondary N) is 1. The van der Waals surface area contributed by atoms with E-state index in [0.717, 1.165) is 15.7 Å². The first-order valence-corrected chi connectivity index (χ1v) is 9.98. The summed E-state index contributed by atoms with van der Waals surface area (Å²) in [7, 11) is 0. The van der Waals surface area contributed by atoms with E-state index in [1.807, 2.05) is 19.1 Å². The van der Waals surface area contributed by atoms with E-state index in [4.69, 9.17) is 9.47 Å². The number of anilines is 1. The molecule has 0 bridgehead atoms. The highest BCUT2D eigenvalue weighted by molar-refractivity contribution is 9.10. The highest BCUT2D eigenvalue weighted by Gasteiger charge is 2.12. The zero-order chi connectivity index (χ0) is 19.9. The minimum atomic E-state index is -0.279. The van der Waals surface area contributed by atoms with E-state index < -0.39 is 0 Å². The predicted molar refractivity (Wildman–Crippen MR) is 115 cm³/mol. The largest absolute Gasteiger partial charge is 0.490 e. The molecular weight excluding hydrogens is 421 g/mol. The third kappa shape index (κ3) is 5.26. The molecule has 0 saturated carbocycles. The molecular formula is C23H23BrFNO2. The molecule has 28 heavy (non-hydrogen) atoms. The van der Waals surface area contributed by atoms with E-state index in [2.05, 4.69) is 52.4 Å². The summed E-state index contributed by atoms with van der Waals surface area (Å²) >= 11 is 3.61. The van der Waals surface area contributed by atoms with Gasteiger partial charge in [0, 0.05) is 22.3 Å². The van der Waals surface area contributed by atoms with Crippen molar-refractivity contribution in [3.8, 4) is 11.5 Å². The van der Waals surface area contributed by atoms with Crippen molar-refractivity contribution in [1.29, 1.82) is 0 Å². The minimum absolute atomic E-state index is 0.139. The van der Waals surface area contributed by atoms with Gasteiger partial charge in [0.15, 0.2) is 11.5 Å². The average Bonchev–Trinajstić information content (AvgIpc) is 2.69. The van der Waals surface area contributed by atoms with Crippen LogP contribution in [0.5, 0.6) is 11.5 Å². The van der Waals surface area contributed by atoms with E-state index >= 15 is 0 Å². The van der Waals surface area contributed by atoms with Gasteiger partial charge in [-0.1, -0.05) is 51.8 Å². The minimum Gasteiger partial charge on any atom is -0.490 e. The summed E-state index contributed by atoms with van der Waals surface area (Å²) in [4.78, 5) is 0. The summed E-state index contributed by atoms with van der Waals surface area (Å²) in [6, 6.07) is 18.7. The number of ether oxygens (including phenoxy) is 2. The number of hydrogen-bond donors (Lipinski definition) is 1. The molecule has 0 aliphatic rings. The highest BCUT2D eigenvalue weighted by Crippen LogP contribution is 2.35. The maximum atomic E-state index is 13.8. The lowest BCUT2D eigenvalue weighted by Crippen LogP contribution is -2.04. The zero-order valence-corrected chi connectivity index (χ0v) is 17.6. The SMILES string of the molecule is CCOc1cc(CNc2ccc(C)cc2)c(Br)cc1OCc1ccccc1F. The van der Waals surface area contributed by atoms with Crippen LogP contribution in [0.25, 0.3) is 0 Å². The second-order valence-electron chi connectivity index (χ2n) is 6.42. The Kier molecular flexibility index (Phi) is 6.93. The van der Waals surface area contributed by atoms with Gasteiger partial charge >= 0.3 is 0 Å². The van der Waals surface area contributed by atoms with Crippen LogP contribution in [0.3, 0.4) is 0 Å². The van der Waals surface area contributed by atoms with Gasteiger partial charge in [0.2, 0.25) is 0 Å². The van der Waals surface area contributed by atoms with Crippen molar-refractivity contribution in [2.45, 2.75) is 27.0 Å². The average molecular weight is 444 g/mol. The summed E-state index contributed by atoms with van der Waals surface area (Å²) < 4.78 is 26.3. The third-order valence-electron chi connectivity index (χ3n) is 4.29. The fourth-order valence-electron chi connectivity index (χ4n) is 2.73. The molecule has 3 aromatic carbocycles. The van der Waals surface area contributed by atoms with Crippen molar-refractivity contribution < 1.29 is 13.9 Å². The van der Waals surface area contributed by atoms with Crippen molar-refractivity contribution in [3.63, 3.8) is 0 Å². The fraction of sp³-hybridized carbons (Fsp3) is 0.217. The molecule has 1 N–H and O–H groups in total. The molecule has 0 aromatic heterocycles. The standard InChI is InChI=1S/C23H23BrFNO2/c1-3-27-22-12-18(14-26-19-10-8-16(2)9-11-19)20(24)13-23(22)28-15-17-6-4-5-7-21(17)25/h4-13,26H,3,14-15H2,1-2H3. The van der Waals surface area contributed by atoms with Crippen LogP contribution in [-0.2, 0) is 13.2 Å². The van der Waals surface area contributed by atoms with Crippen LogP contribution < -0.4 is 14.8 Å². The molecule has 0 spiro atoms. The Bertz CT molecular complexity index is 928. The summed E-state index contributed by atoms with van der Waals surface area (Å²) in [6.07, 6.45) is 0. The van der Waals surface area contributed by atoms with Gasteiger partial charge in [-0.2, -0.15) is 0 Å². The number of hydrogen-bond acceptors (Lipinski definition) is 3. The molecule has 5 heteroatoms. The normalized spacial score (nSPS) is 10.6. The van der Waals surface area contributed by atoms with E-state index in [0.29, 0.717) is 30.2 Å². The van der Waals surface area contributed by atoms with E-state index in [9.17, 15) is 4.39 Å². The van der Waals surface area contributed by atoms with Crippen LogP contribution in [0.2, 0.25) is 0 Å². The van der Waals surface area contributed by atoms with E-state index in [-0.39, 0.29) is 12.4 Å². The van der Waals surface area contributed by atoms with Crippen molar-refractivity contribution in [3.05, 3.63) is 87.6 Å². The summed E-state index contributed by atoms with van der Waals surface area (Å²) in [6.45, 7) is 5.28. The Balaban J connectivity index is 1.75. The lowest BCUT2D eigenvalue weighted by molar-refractivity contribution is 0.265. The maximum absolute atomic E-state index is 13.8. The van der Waals surface area contributed by atoms with Gasteiger partial charge in [0.05, 0.1) is 6.61 Å². The molecule has 0 aliphatic heterocycles. The smallest absolute Gasteiger partial charge is 0.162 e. The number of halogens is 2. The molecule has 3 nitrogen and oxygen atoms in total. The first-order valence-electron chi connectivity index (χ1n) is 9.18. The molecule has 0 fully saturated rings. The van der Waals surface area contributed by atoms with Crippen molar-refractivity contribution in [2.75, 3.05) is 11.9 Å². The van der Waals surface area contributed by atoms with Crippen molar-refractivity contribution >= 4 is 21.6 Å². The Hall–Kier alpha value is -2.53. The molecule has 3 rings (SSSR count). The predicted octanol–water partition coefficient (Wildman–Crippen LogP) is 6.49. The maximum Gasteiger partial charge on any atom is 0.162 e. The van der Waals surface area contributed by atoms with Crippen LogP contribution in [0.15, 0.2) is 65.1 Å². The molecule has 146 valence electrons. The monoisotopic (exact) mass is 443 g/mol. The molecule has 0 aliphatic carbocycles. The molecule has 3 aromatic rings. The second-order valence-corrected chi connectivity index (χ2v) is 7.28. The van der Waals surface area contributed by atoms with Crippen LogP contribution in [0, 0.1) is 12.7 Å². The number of aryl methyl sites for hydroxylation is 1. The topological polar surface area (TPSA) is 30.5 Å². The van der Waals surface area contributed by atoms with E-state index in [1.54, 1.807) is 18.2 Å². The lowest BCUT2D eigenvalue weighted by atomic mass is 10.1. The molecule has 0 amide bonds. The summed E-state index contributed by atoms with van der Waals surface area (Å²) in [5.41, 5.74) is 3.82. The number of rotatable bonds is 8. The Morgan fingerprint density at radius 2 is 1.64 bits per heavy atom. The van der Waals surface area contributed by atoms with Gasteiger partial charge in [-0.25, -0.2) is 4.39 Å². The molecule has 0 radical (unpaired) electrons. The van der Waals surface area contributed by atoms with Crippen LogP contribution in [0.1, 0.15) is 23.6 Å². The Morgan fingerprint density at radius 3 is 2.36 bits per heavy atom. The second kappa shape index (κ2) is 9.60. The van der Waals surface area contributed by atoms with Gasteiger partial charge in [0.1, 0.15) is 12.4 Å². The van der Waals surface area contributed by atoms with Crippen LogP contribution in [0.4, 0.5) is 10.1 Å². The highest BCUT2D eigenvalue weighted by atomic mass is 79.9. The van der Waals surface area contributed by atoms with Crippen molar-refractivity contribution in [2.24, 2.45) is 0 Å². The first kappa shape index (κ1) is 20.2. The van der Waals surface area contributed by atoms with Crippen molar-refractivity contribution in [1.82, 2.24) is 0 Å². The quantitative estimate of drug-likeness (QED) is 0.431. The summed E-state index contributed by atoms with van der Waals surface area (Å²) in [5, 5.41) is 3.41. The van der Waals surface area contributed by atoms with Gasteiger partial charge in [0.25, 0.3) is 0 Å². The Morgan fingerprint density at radius 1 is 0.929 bits per heavy atom. The van der Waals surface area contributed by atoms with E-state index in [1.165, 1.54) is 11.6 Å². The zero-order valence-electron chi connectivity index (χ0n) is 16.0. The van der Waals surface area contributed by atoms with Gasteiger partial charge in [-0.3, -0.25) is 0 Å².